The number of hydrogen-bond donors (Lipinski definition) is 2. The number of aromatic nitrogens is 2. The summed E-state index contributed by atoms with van der Waals surface area (Å²) in [7, 11) is 0. The van der Waals surface area contributed by atoms with E-state index in [0.29, 0.717) is 13.0 Å². The van der Waals surface area contributed by atoms with Crippen molar-refractivity contribution in [2.45, 2.75) is 38.9 Å². The maximum absolute atomic E-state index is 13.5. The lowest BCUT2D eigenvalue weighted by Gasteiger charge is -2.36. The van der Waals surface area contributed by atoms with E-state index >= 15 is 0 Å². The average molecular weight is 344 g/mol. The van der Waals surface area contributed by atoms with Gasteiger partial charge in [-0.05, 0) is 27.2 Å². The molecule has 0 spiro atoms. The van der Waals surface area contributed by atoms with Gasteiger partial charge in [-0.15, -0.1) is 0 Å². The Morgan fingerprint density at radius 3 is 2.79 bits per heavy atom. The van der Waals surface area contributed by atoms with Gasteiger partial charge in [0.05, 0.1) is 12.6 Å². The molecule has 24 heavy (non-hydrogen) atoms. The number of β-amino-alcohol motifs (C(OH)–C–C–N with tert-alkyl or cyclic N) is 1. The Morgan fingerprint density at radius 1 is 1.46 bits per heavy atom. The number of halogens is 2. The second-order valence-electron chi connectivity index (χ2n) is 6.75. The number of nitrogens with one attached hydrogen (secondary N) is 1. The van der Waals surface area contributed by atoms with Crippen molar-refractivity contribution in [2.24, 2.45) is 5.92 Å². The zero-order chi connectivity index (χ0) is 17.9. The summed E-state index contributed by atoms with van der Waals surface area (Å²) in [6.07, 6.45) is 0.149. The van der Waals surface area contributed by atoms with Gasteiger partial charge in [0.2, 0.25) is 5.82 Å². The lowest BCUT2D eigenvalue weighted by atomic mass is 9.94. The molecule has 0 saturated carbocycles. The molecule has 0 bridgehead atoms. The molecule has 1 aromatic rings. The van der Waals surface area contributed by atoms with Gasteiger partial charge in [0.1, 0.15) is 11.9 Å². The van der Waals surface area contributed by atoms with Crippen LogP contribution in [0.3, 0.4) is 0 Å². The van der Waals surface area contributed by atoms with E-state index in [1.165, 1.54) is 4.90 Å². The molecule has 2 N–H and O–H groups in total. The Balaban J connectivity index is 1.87. The largest absolute Gasteiger partial charge is 0.444 e. The number of rotatable bonds is 3. The fraction of sp³-hybridized carbons (Fsp3) is 0.667. The highest BCUT2D eigenvalue weighted by molar-refractivity contribution is 5.68. The number of aliphatic hydroxyl groups is 1. The van der Waals surface area contributed by atoms with Crippen LogP contribution in [-0.2, 0) is 4.74 Å². The molecule has 7 nitrogen and oxygen atoms in total. The number of hydrogen-bond acceptors (Lipinski definition) is 6. The summed E-state index contributed by atoms with van der Waals surface area (Å²) in [6.45, 7) is 6.06. The molecule has 0 aromatic carbocycles. The molecule has 2 atom stereocenters. The van der Waals surface area contributed by atoms with Crippen molar-refractivity contribution in [3.63, 3.8) is 0 Å². The Kier molecular flexibility index (Phi) is 5.53. The monoisotopic (exact) mass is 344 g/mol. The van der Waals surface area contributed by atoms with E-state index in [1.54, 1.807) is 20.8 Å². The van der Waals surface area contributed by atoms with Crippen LogP contribution < -0.4 is 5.32 Å². The molecule has 2 heterocycles. The molecule has 0 radical (unpaired) electrons. The first-order valence-electron chi connectivity index (χ1n) is 7.73. The molecule has 2 rings (SSSR count). The van der Waals surface area contributed by atoms with Crippen LogP contribution in [0.4, 0.5) is 19.4 Å². The maximum Gasteiger partial charge on any atom is 0.410 e. The quantitative estimate of drug-likeness (QED) is 0.813. The zero-order valence-electron chi connectivity index (χ0n) is 13.9. The molecular formula is C15H22F2N4O3. The van der Waals surface area contributed by atoms with Gasteiger partial charge >= 0.3 is 6.09 Å². The van der Waals surface area contributed by atoms with Crippen molar-refractivity contribution in [3.8, 4) is 0 Å². The van der Waals surface area contributed by atoms with Gasteiger partial charge < -0.3 is 20.1 Å². The fourth-order valence-electron chi connectivity index (χ4n) is 2.41. The van der Waals surface area contributed by atoms with Gasteiger partial charge in [-0.1, -0.05) is 0 Å². The van der Waals surface area contributed by atoms with Gasteiger partial charge in [0, 0.05) is 19.0 Å². The summed E-state index contributed by atoms with van der Waals surface area (Å²) in [5.74, 6) is -2.85. The molecule has 1 aliphatic rings. The van der Waals surface area contributed by atoms with Gasteiger partial charge in [0.15, 0.2) is 5.82 Å². The topological polar surface area (TPSA) is 87.6 Å². The Bertz CT molecular complexity index is 595. The fourth-order valence-corrected chi connectivity index (χ4v) is 2.41. The van der Waals surface area contributed by atoms with Crippen LogP contribution in [-0.4, -0.2) is 57.4 Å². The van der Waals surface area contributed by atoms with E-state index < -0.39 is 29.6 Å². The number of ether oxygens (including phenoxy) is 1. The maximum atomic E-state index is 13.5. The second kappa shape index (κ2) is 7.25. The molecule has 0 aliphatic carbocycles. The van der Waals surface area contributed by atoms with Crippen LogP contribution in [0.15, 0.2) is 6.33 Å². The highest BCUT2D eigenvalue weighted by atomic mass is 19.2. The van der Waals surface area contributed by atoms with Crippen molar-refractivity contribution in [3.05, 3.63) is 18.1 Å². The molecule has 1 fully saturated rings. The zero-order valence-corrected chi connectivity index (χ0v) is 13.9. The van der Waals surface area contributed by atoms with E-state index in [2.05, 4.69) is 15.3 Å². The van der Waals surface area contributed by atoms with E-state index in [4.69, 9.17) is 4.74 Å². The van der Waals surface area contributed by atoms with Crippen LogP contribution in [0.25, 0.3) is 0 Å². The molecule has 1 saturated heterocycles. The molecule has 1 aromatic heterocycles. The number of piperidine rings is 1. The normalized spacial score (nSPS) is 21.5. The van der Waals surface area contributed by atoms with Gasteiger partial charge in [-0.25, -0.2) is 14.8 Å². The van der Waals surface area contributed by atoms with Crippen LogP contribution in [0.1, 0.15) is 27.2 Å². The Hall–Kier alpha value is -2.03. The van der Waals surface area contributed by atoms with Crippen LogP contribution in [0.5, 0.6) is 0 Å². The molecule has 1 amide bonds. The van der Waals surface area contributed by atoms with Crippen LogP contribution >= 0.6 is 0 Å². The standard InChI is InChI=1S/C15H22F2N4O3/c1-15(2,3)24-14(23)21-5-4-9(10(22)7-21)6-18-13-11(16)12(17)19-8-20-13/h8-10,22H,4-7H2,1-3H3,(H,18,19,20)/t9-,10+/m0/s1. The summed E-state index contributed by atoms with van der Waals surface area (Å²) in [6, 6.07) is 0. The highest BCUT2D eigenvalue weighted by Crippen LogP contribution is 2.21. The predicted molar refractivity (Wildman–Crippen MR) is 82.4 cm³/mol. The number of anilines is 1. The average Bonchev–Trinajstić information content (AvgIpc) is 2.48. The minimum Gasteiger partial charge on any atom is -0.444 e. The van der Waals surface area contributed by atoms with Crippen molar-refractivity contribution >= 4 is 11.9 Å². The molecule has 1 aliphatic heterocycles. The lowest BCUT2D eigenvalue weighted by molar-refractivity contribution is -0.0104. The Labute approximate surface area is 139 Å². The smallest absolute Gasteiger partial charge is 0.410 e. The van der Waals surface area contributed by atoms with Crippen molar-refractivity contribution in [1.82, 2.24) is 14.9 Å². The lowest BCUT2D eigenvalue weighted by Crippen LogP contribution is -2.49. The Morgan fingerprint density at radius 2 is 2.17 bits per heavy atom. The van der Waals surface area contributed by atoms with E-state index in [-0.39, 0.29) is 24.8 Å². The molecular weight excluding hydrogens is 322 g/mol. The third-order valence-corrected chi connectivity index (χ3v) is 3.65. The van der Waals surface area contributed by atoms with Crippen molar-refractivity contribution in [2.75, 3.05) is 25.0 Å². The molecule has 0 unspecified atom stereocenters. The highest BCUT2D eigenvalue weighted by Gasteiger charge is 2.32. The first kappa shape index (κ1) is 18.3. The molecule has 134 valence electrons. The van der Waals surface area contributed by atoms with E-state index in [0.717, 1.165) is 6.33 Å². The SMILES string of the molecule is CC(C)(C)OC(=O)N1CC[C@@H](CNc2ncnc(F)c2F)[C@H](O)C1. The summed E-state index contributed by atoms with van der Waals surface area (Å²) < 4.78 is 31.8. The third-order valence-electron chi connectivity index (χ3n) is 3.65. The summed E-state index contributed by atoms with van der Waals surface area (Å²) in [5, 5.41) is 12.9. The van der Waals surface area contributed by atoms with Gasteiger partial charge in [0.25, 0.3) is 5.95 Å². The first-order valence-corrected chi connectivity index (χ1v) is 7.73. The summed E-state index contributed by atoms with van der Waals surface area (Å²) >= 11 is 0. The van der Waals surface area contributed by atoms with Gasteiger partial charge in [-0.3, -0.25) is 0 Å². The minimum atomic E-state index is -1.23. The molecule has 9 heteroatoms. The minimum absolute atomic E-state index is 0.127. The summed E-state index contributed by atoms with van der Waals surface area (Å²) in [5.41, 5.74) is -0.602. The van der Waals surface area contributed by atoms with Crippen LogP contribution in [0, 0.1) is 17.7 Å². The number of likely N-dealkylation sites (tertiary alicyclic amines) is 1. The third kappa shape index (κ3) is 4.73. The van der Waals surface area contributed by atoms with Crippen molar-refractivity contribution < 1.29 is 23.4 Å². The van der Waals surface area contributed by atoms with Crippen LogP contribution in [0.2, 0.25) is 0 Å². The predicted octanol–water partition coefficient (Wildman–Crippen LogP) is 1.78. The number of carbonyl (C=O) groups is 1. The number of carbonyl (C=O) groups excluding carboxylic acids is 1. The number of amides is 1. The number of aliphatic hydroxyl groups excluding tert-OH is 1. The van der Waals surface area contributed by atoms with E-state index in [9.17, 15) is 18.7 Å². The van der Waals surface area contributed by atoms with Gasteiger partial charge in [-0.2, -0.15) is 8.78 Å². The van der Waals surface area contributed by atoms with E-state index in [1.807, 2.05) is 0 Å². The second-order valence-corrected chi connectivity index (χ2v) is 6.75. The summed E-state index contributed by atoms with van der Waals surface area (Å²) in [4.78, 5) is 20.2. The van der Waals surface area contributed by atoms with Crippen molar-refractivity contribution in [1.29, 1.82) is 0 Å². The first-order chi connectivity index (χ1) is 11.2. The number of nitrogens with zero attached hydrogens (tertiary/aromatic N) is 3.